The van der Waals surface area contributed by atoms with Crippen LogP contribution in [0.25, 0.3) is 0 Å². The van der Waals surface area contributed by atoms with Gasteiger partial charge in [0.2, 0.25) is 0 Å². The number of halogens is 2. The minimum Gasteiger partial charge on any atom is -0.503 e. The number of aliphatic hydroxyl groups excluding tert-OH is 1. The van der Waals surface area contributed by atoms with E-state index >= 15 is 0 Å². The smallest absolute Gasteiger partial charge is 0.187 e. The van der Waals surface area contributed by atoms with Gasteiger partial charge in [-0.15, -0.1) is 0 Å². The van der Waals surface area contributed by atoms with Crippen molar-refractivity contribution in [3.63, 3.8) is 0 Å². The summed E-state index contributed by atoms with van der Waals surface area (Å²) < 4.78 is 26.0. The van der Waals surface area contributed by atoms with Crippen molar-refractivity contribution in [2.75, 3.05) is 6.54 Å². The lowest BCUT2D eigenvalue weighted by atomic mass is 9.82. The number of phenols is 1. The van der Waals surface area contributed by atoms with Crippen LogP contribution in [0.15, 0.2) is 12.1 Å². The van der Waals surface area contributed by atoms with Crippen molar-refractivity contribution in [3.8, 4) is 5.75 Å². The first-order valence-electron chi connectivity index (χ1n) is 5.62. The average molecular weight is 243 g/mol. The van der Waals surface area contributed by atoms with E-state index in [0.717, 1.165) is 31.5 Å². The molecule has 0 saturated heterocycles. The normalized spacial score (nSPS) is 23.5. The Labute approximate surface area is 98.1 Å². The number of hydrogen-bond acceptors (Lipinski definition) is 3. The molecule has 1 aliphatic rings. The molecule has 2 rings (SSSR count). The second-order valence-corrected chi connectivity index (χ2v) is 4.53. The summed E-state index contributed by atoms with van der Waals surface area (Å²) in [7, 11) is 0. The third kappa shape index (κ3) is 2.92. The molecule has 1 fully saturated rings. The topological polar surface area (TPSA) is 52.5 Å². The maximum absolute atomic E-state index is 13.0. The maximum atomic E-state index is 13.0. The molecule has 0 amide bonds. The molecule has 3 nitrogen and oxygen atoms in total. The fourth-order valence-electron chi connectivity index (χ4n) is 2.01. The zero-order valence-corrected chi connectivity index (χ0v) is 9.29. The lowest BCUT2D eigenvalue weighted by Crippen LogP contribution is -2.35. The molecule has 1 aromatic rings. The average Bonchev–Trinajstić information content (AvgIpc) is 2.23. The number of benzene rings is 1. The Balaban J connectivity index is 1.82. The van der Waals surface area contributed by atoms with Gasteiger partial charge in [0.25, 0.3) is 0 Å². The van der Waals surface area contributed by atoms with Gasteiger partial charge < -0.3 is 15.5 Å². The van der Waals surface area contributed by atoms with Gasteiger partial charge in [0.15, 0.2) is 17.4 Å². The van der Waals surface area contributed by atoms with E-state index < -0.39 is 17.4 Å². The van der Waals surface area contributed by atoms with Crippen LogP contribution in [-0.2, 0) is 6.54 Å². The molecule has 0 unspecified atom stereocenters. The van der Waals surface area contributed by atoms with E-state index in [9.17, 15) is 8.78 Å². The standard InChI is InChI=1S/C12H15F2NO2/c13-10-3-8(4-11(14)12(10)17)6-15-5-7-1-9(16)2-7/h3-4,7,9,15-17H,1-2,5-6H2. The first-order valence-corrected chi connectivity index (χ1v) is 5.62. The van der Waals surface area contributed by atoms with Gasteiger partial charge in [-0.3, -0.25) is 0 Å². The first kappa shape index (κ1) is 12.3. The van der Waals surface area contributed by atoms with Crippen molar-refractivity contribution in [3.05, 3.63) is 29.3 Å². The van der Waals surface area contributed by atoms with Gasteiger partial charge in [0, 0.05) is 6.54 Å². The molecular weight excluding hydrogens is 228 g/mol. The molecule has 3 N–H and O–H groups in total. The zero-order valence-electron chi connectivity index (χ0n) is 9.29. The van der Waals surface area contributed by atoms with Crippen molar-refractivity contribution in [2.24, 2.45) is 5.92 Å². The van der Waals surface area contributed by atoms with Gasteiger partial charge in [-0.2, -0.15) is 0 Å². The highest BCUT2D eigenvalue weighted by atomic mass is 19.1. The molecule has 0 radical (unpaired) electrons. The van der Waals surface area contributed by atoms with E-state index in [4.69, 9.17) is 10.2 Å². The Morgan fingerprint density at radius 1 is 1.24 bits per heavy atom. The summed E-state index contributed by atoms with van der Waals surface area (Å²) in [6.45, 7) is 1.07. The van der Waals surface area contributed by atoms with Crippen LogP contribution in [-0.4, -0.2) is 22.9 Å². The molecule has 1 saturated carbocycles. The largest absolute Gasteiger partial charge is 0.503 e. The second-order valence-electron chi connectivity index (χ2n) is 4.53. The highest BCUT2D eigenvalue weighted by Crippen LogP contribution is 2.26. The van der Waals surface area contributed by atoms with Crippen molar-refractivity contribution in [1.29, 1.82) is 0 Å². The summed E-state index contributed by atoms with van der Waals surface area (Å²) in [5.41, 5.74) is 0.456. The van der Waals surface area contributed by atoms with Gasteiger partial charge in [-0.25, -0.2) is 8.78 Å². The number of hydrogen-bond donors (Lipinski definition) is 3. The fourth-order valence-corrected chi connectivity index (χ4v) is 2.01. The Morgan fingerprint density at radius 3 is 2.35 bits per heavy atom. The van der Waals surface area contributed by atoms with E-state index in [0.29, 0.717) is 18.0 Å². The van der Waals surface area contributed by atoms with Crippen molar-refractivity contribution >= 4 is 0 Å². The SMILES string of the molecule is Oc1c(F)cc(CNCC2CC(O)C2)cc1F. The molecular formula is C12H15F2NO2. The van der Waals surface area contributed by atoms with Crippen LogP contribution >= 0.6 is 0 Å². The van der Waals surface area contributed by atoms with Gasteiger partial charge in [0.05, 0.1) is 6.10 Å². The minimum absolute atomic E-state index is 0.189. The van der Waals surface area contributed by atoms with E-state index in [1.165, 1.54) is 0 Å². The van der Waals surface area contributed by atoms with Crippen molar-refractivity contribution in [2.45, 2.75) is 25.5 Å². The van der Waals surface area contributed by atoms with Crippen LogP contribution < -0.4 is 5.32 Å². The molecule has 0 aromatic heterocycles. The summed E-state index contributed by atoms with van der Waals surface area (Å²) in [5.74, 6) is -2.38. The Bertz CT molecular complexity index is 382. The van der Waals surface area contributed by atoms with Gasteiger partial charge in [-0.05, 0) is 43.0 Å². The maximum Gasteiger partial charge on any atom is 0.187 e. The summed E-state index contributed by atoms with van der Waals surface area (Å²) in [6, 6.07) is 2.22. The van der Waals surface area contributed by atoms with Crippen LogP contribution in [0.3, 0.4) is 0 Å². The minimum atomic E-state index is -0.944. The van der Waals surface area contributed by atoms with E-state index in [-0.39, 0.29) is 6.10 Å². The van der Waals surface area contributed by atoms with Crippen LogP contribution in [0, 0.1) is 17.6 Å². The molecule has 5 heteroatoms. The Morgan fingerprint density at radius 2 is 1.82 bits per heavy atom. The summed E-state index contributed by atoms with van der Waals surface area (Å²) in [5, 5.41) is 21.1. The molecule has 0 bridgehead atoms. The van der Waals surface area contributed by atoms with Crippen LogP contribution in [0.2, 0.25) is 0 Å². The lowest BCUT2D eigenvalue weighted by molar-refractivity contribution is 0.0429. The van der Waals surface area contributed by atoms with Crippen LogP contribution in [0.4, 0.5) is 8.78 Å². The second kappa shape index (κ2) is 4.98. The van der Waals surface area contributed by atoms with Crippen molar-refractivity contribution in [1.82, 2.24) is 5.32 Å². The Kier molecular flexibility index (Phi) is 3.59. The van der Waals surface area contributed by atoms with E-state index in [1.54, 1.807) is 0 Å². The molecule has 0 heterocycles. The third-order valence-corrected chi connectivity index (χ3v) is 3.05. The number of aromatic hydroxyl groups is 1. The first-order chi connectivity index (χ1) is 8.06. The van der Waals surface area contributed by atoms with Gasteiger partial charge >= 0.3 is 0 Å². The molecule has 0 atom stereocenters. The Hall–Kier alpha value is -1.20. The monoisotopic (exact) mass is 243 g/mol. The molecule has 0 aliphatic heterocycles. The lowest BCUT2D eigenvalue weighted by Gasteiger charge is -2.31. The molecule has 1 aromatic carbocycles. The number of aliphatic hydroxyl groups is 1. The van der Waals surface area contributed by atoms with Gasteiger partial charge in [0.1, 0.15) is 0 Å². The molecule has 1 aliphatic carbocycles. The zero-order chi connectivity index (χ0) is 12.4. The predicted octanol–water partition coefficient (Wildman–Crippen LogP) is 1.53. The highest BCUT2D eigenvalue weighted by molar-refractivity contribution is 5.29. The van der Waals surface area contributed by atoms with Crippen LogP contribution in [0.5, 0.6) is 5.75 Å². The molecule has 17 heavy (non-hydrogen) atoms. The van der Waals surface area contributed by atoms with E-state index in [2.05, 4.69) is 5.32 Å². The number of nitrogens with one attached hydrogen (secondary N) is 1. The number of phenolic OH excluding ortho intramolecular Hbond substituents is 1. The molecule has 0 spiro atoms. The fraction of sp³-hybridized carbons (Fsp3) is 0.500. The quantitative estimate of drug-likeness (QED) is 0.751. The van der Waals surface area contributed by atoms with E-state index in [1.807, 2.05) is 0 Å². The third-order valence-electron chi connectivity index (χ3n) is 3.05. The summed E-state index contributed by atoms with van der Waals surface area (Å²) in [4.78, 5) is 0. The number of rotatable bonds is 4. The predicted molar refractivity (Wildman–Crippen MR) is 58.5 cm³/mol. The highest BCUT2D eigenvalue weighted by Gasteiger charge is 2.26. The molecule has 94 valence electrons. The summed E-state index contributed by atoms with van der Waals surface area (Å²) >= 11 is 0. The van der Waals surface area contributed by atoms with Gasteiger partial charge in [-0.1, -0.05) is 0 Å². The van der Waals surface area contributed by atoms with Crippen molar-refractivity contribution < 1.29 is 19.0 Å². The summed E-state index contributed by atoms with van der Waals surface area (Å²) in [6.07, 6.45) is 1.38. The van der Waals surface area contributed by atoms with Crippen LogP contribution in [0.1, 0.15) is 18.4 Å².